The summed E-state index contributed by atoms with van der Waals surface area (Å²) in [5.74, 6) is -1.35. The number of ether oxygens (including phenoxy) is 1. The Morgan fingerprint density at radius 3 is 2.56 bits per heavy atom. The molecule has 1 heterocycles. The molecule has 36 heavy (non-hydrogen) atoms. The first-order valence-electron chi connectivity index (χ1n) is 11.1. The molecule has 0 radical (unpaired) electrons. The first kappa shape index (κ1) is 25.5. The van der Waals surface area contributed by atoms with E-state index in [0.29, 0.717) is 28.5 Å². The molecule has 4 aromatic rings. The molecular weight excluding hydrogens is 534 g/mol. The fraction of sp³-hybridized carbons (Fsp3) is 0.192. The highest BCUT2D eigenvalue weighted by molar-refractivity contribution is 9.10. The zero-order chi connectivity index (χ0) is 25.8. The number of halogens is 3. The number of methoxy groups -OCH3 is 1. The average Bonchev–Trinajstić information content (AvgIpc) is 2.86. The molecule has 0 fully saturated rings. The Labute approximate surface area is 214 Å². The molecule has 0 saturated carbocycles. The smallest absolute Gasteiger partial charge is 0.322 e. The zero-order valence-corrected chi connectivity index (χ0v) is 21.1. The number of rotatable bonds is 7. The molecule has 0 bridgehead atoms. The highest BCUT2D eigenvalue weighted by Gasteiger charge is 2.27. The summed E-state index contributed by atoms with van der Waals surface area (Å²) >= 11 is 3.40. The summed E-state index contributed by atoms with van der Waals surface area (Å²) in [7, 11) is 1.49. The Kier molecular flexibility index (Phi) is 7.76. The van der Waals surface area contributed by atoms with Crippen LogP contribution in [-0.2, 0) is 4.74 Å². The van der Waals surface area contributed by atoms with Crippen LogP contribution in [0.25, 0.3) is 16.6 Å². The summed E-state index contributed by atoms with van der Waals surface area (Å²) in [5.41, 5.74) is 0.587. The van der Waals surface area contributed by atoms with E-state index in [2.05, 4.69) is 21.2 Å². The second kappa shape index (κ2) is 11.0. The van der Waals surface area contributed by atoms with Crippen molar-refractivity contribution in [2.24, 2.45) is 0 Å². The van der Waals surface area contributed by atoms with E-state index in [1.54, 1.807) is 55.5 Å². The lowest BCUT2D eigenvalue weighted by molar-refractivity contribution is 0.137. The maximum atomic E-state index is 14.2. The van der Waals surface area contributed by atoms with Crippen molar-refractivity contribution >= 4 is 38.6 Å². The first-order chi connectivity index (χ1) is 17.3. The van der Waals surface area contributed by atoms with Crippen LogP contribution in [0.3, 0.4) is 0 Å². The molecule has 1 unspecified atom stereocenters. The fourth-order valence-electron chi connectivity index (χ4n) is 3.85. The van der Waals surface area contributed by atoms with Crippen molar-refractivity contribution in [2.75, 3.05) is 25.6 Å². The Bertz CT molecular complexity index is 1460. The average molecular weight is 557 g/mol. The number of para-hydroxylation sites is 1. The molecule has 0 saturated heterocycles. The normalized spacial score (nSPS) is 11.9. The molecule has 10 heteroatoms. The third kappa shape index (κ3) is 5.29. The van der Waals surface area contributed by atoms with Gasteiger partial charge in [0.05, 0.1) is 34.9 Å². The third-order valence-corrected chi connectivity index (χ3v) is 6.23. The maximum absolute atomic E-state index is 14.2. The van der Waals surface area contributed by atoms with Crippen LogP contribution >= 0.6 is 15.9 Å². The first-order valence-corrected chi connectivity index (χ1v) is 11.9. The summed E-state index contributed by atoms with van der Waals surface area (Å²) in [6, 6.07) is 15.6. The van der Waals surface area contributed by atoms with E-state index in [-0.39, 0.29) is 24.4 Å². The number of urea groups is 1. The number of hydrogen-bond donors (Lipinski definition) is 1. The van der Waals surface area contributed by atoms with Crippen LogP contribution in [0.15, 0.2) is 76.0 Å². The van der Waals surface area contributed by atoms with Gasteiger partial charge in [0.15, 0.2) is 0 Å². The number of anilines is 1. The Morgan fingerprint density at radius 2 is 1.86 bits per heavy atom. The Balaban J connectivity index is 1.82. The quantitative estimate of drug-likeness (QED) is 0.318. The number of amides is 2. The van der Waals surface area contributed by atoms with Gasteiger partial charge >= 0.3 is 6.03 Å². The molecule has 3 aromatic carbocycles. The van der Waals surface area contributed by atoms with Gasteiger partial charge in [-0.25, -0.2) is 18.6 Å². The van der Waals surface area contributed by atoms with Crippen LogP contribution in [0, 0.1) is 11.6 Å². The van der Waals surface area contributed by atoms with Crippen molar-refractivity contribution in [3.63, 3.8) is 0 Å². The number of benzene rings is 3. The Hall–Kier alpha value is -3.63. The molecule has 1 N–H and O–H groups in total. The number of nitrogens with one attached hydrogen (secondary N) is 1. The summed E-state index contributed by atoms with van der Waals surface area (Å²) in [5, 5.41) is 2.91. The third-order valence-electron chi connectivity index (χ3n) is 5.70. The van der Waals surface area contributed by atoms with Crippen LogP contribution in [0.5, 0.6) is 0 Å². The largest absolute Gasteiger partial charge is 0.383 e. The number of hydrogen-bond acceptors (Lipinski definition) is 4. The molecule has 7 nitrogen and oxygen atoms in total. The molecular formula is C26H23BrF2N4O3. The molecule has 186 valence electrons. The second-order valence-corrected chi connectivity index (χ2v) is 8.94. The molecule has 0 aliphatic rings. The van der Waals surface area contributed by atoms with Gasteiger partial charge in [-0.3, -0.25) is 9.36 Å². The van der Waals surface area contributed by atoms with E-state index in [9.17, 15) is 18.4 Å². The predicted molar refractivity (Wildman–Crippen MR) is 137 cm³/mol. The van der Waals surface area contributed by atoms with Crippen molar-refractivity contribution < 1.29 is 18.3 Å². The van der Waals surface area contributed by atoms with Crippen LogP contribution in [0.4, 0.5) is 19.3 Å². The van der Waals surface area contributed by atoms with E-state index in [1.807, 2.05) is 0 Å². The SMILES string of the molecule is COCCN(C(=O)Nc1ccc(F)cc1F)C(C)c1nc2ccccc2c(=O)n1-c1ccc(Br)cc1. The summed E-state index contributed by atoms with van der Waals surface area (Å²) in [4.78, 5) is 33.0. The van der Waals surface area contributed by atoms with Crippen molar-refractivity contribution in [1.29, 1.82) is 0 Å². The van der Waals surface area contributed by atoms with Crippen molar-refractivity contribution in [3.05, 3.63) is 99.0 Å². The summed E-state index contributed by atoms with van der Waals surface area (Å²) in [6.45, 7) is 2.03. The zero-order valence-electron chi connectivity index (χ0n) is 19.5. The van der Waals surface area contributed by atoms with Crippen molar-refractivity contribution in [3.8, 4) is 5.69 Å². The summed E-state index contributed by atoms with van der Waals surface area (Å²) in [6.07, 6.45) is 0. The van der Waals surface area contributed by atoms with Gasteiger partial charge in [0.2, 0.25) is 0 Å². The molecule has 2 amide bonds. The minimum Gasteiger partial charge on any atom is -0.383 e. The minimum absolute atomic E-state index is 0.120. The van der Waals surface area contributed by atoms with Crippen molar-refractivity contribution in [1.82, 2.24) is 14.5 Å². The van der Waals surface area contributed by atoms with Crippen molar-refractivity contribution in [2.45, 2.75) is 13.0 Å². The highest BCUT2D eigenvalue weighted by atomic mass is 79.9. The van der Waals surface area contributed by atoms with Gasteiger partial charge in [-0.1, -0.05) is 28.1 Å². The Morgan fingerprint density at radius 1 is 1.14 bits per heavy atom. The number of carbonyl (C=O) groups excluding carboxylic acids is 1. The maximum Gasteiger partial charge on any atom is 0.322 e. The molecule has 0 aliphatic carbocycles. The molecule has 0 aliphatic heterocycles. The van der Waals surface area contributed by atoms with E-state index >= 15 is 0 Å². The summed E-state index contributed by atoms with van der Waals surface area (Å²) < 4.78 is 35.1. The van der Waals surface area contributed by atoms with Crippen LogP contribution in [-0.4, -0.2) is 40.7 Å². The van der Waals surface area contributed by atoms with E-state index < -0.39 is 23.7 Å². The highest BCUT2D eigenvalue weighted by Crippen LogP contribution is 2.25. The fourth-order valence-corrected chi connectivity index (χ4v) is 4.11. The number of aromatic nitrogens is 2. The van der Waals surface area contributed by atoms with Gasteiger partial charge in [-0.2, -0.15) is 0 Å². The lowest BCUT2D eigenvalue weighted by atomic mass is 10.2. The second-order valence-electron chi connectivity index (χ2n) is 8.02. The van der Waals surface area contributed by atoms with Crippen LogP contribution < -0.4 is 10.9 Å². The number of carbonyl (C=O) groups is 1. The number of nitrogens with zero attached hydrogens (tertiary/aromatic N) is 3. The molecule has 4 rings (SSSR count). The van der Waals surface area contributed by atoms with Gasteiger partial charge < -0.3 is 15.0 Å². The molecule has 1 aromatic heterocycles. The van der Waals surface area contributed by atoms with E-state index in [1.165, 1.54) is 16.6 Å². The monoisotopic (exact) mass is 556 g/mol. The lowest BCUT2D eigenvalue weighted by Crippen LogP contribution is -2.41. The molecule has 1 atom stereocenters. The van der Waals surface area contributed by atoms with Gasteiger partial charge in [-0.05, 0) is 55.5 Å². The predicted octanol–water partition coefficient (Wildman–Crippen LogP) is 5.67. The van der Waals surface area contributed by atoms with Crippen LogP contribution in [0.2, 0.25) is 0 Å². The van der Waals surface area contributed by atoms with Gasteiger partial charge in [0, 0.05) is 24.2 Å². The molecule has 0 spiro atoms. The lowest BCUT2D eigenvalue weighted by Gasteiger charge is -2.30. The van der Waals surface area contributed by atoms with Gasteiger partial charge in [0.1, 0.15) is 17.5 Å². The van der Waals surface area contributed by atoms with Gasteiger partial charge in [-0.15, -0.1) is 0 Å². The van der Waals surface area contributed by atoms with Gasteiger partial charge in [0.25, 0.3) is 5.56 Å². The number of fused-ring (bicyclic) bond motifs is 1. The van der Waals surface area contributed by atoms with E-state index in [4.69, 9.17) is 9.72 Å². The van der Waals surface area contributed by atoms with E-state index in [0.717, 1.165) is 16.6 Å². The standard InChI is InChI=1S/C26H23BrF2N4O3/c1-16(32(13-14-36-2)26(35)31-23-12-9-18(28)15-21(23)29)24-30-22-6-4-3-5-20(22)25(34)33(24)19-10-7-17(27)8-11-19/h3-12,15-16H,13-14H2,1-2H3,(H,31,35). The minimum atomic E-state index is -0.904. The van der Waals surface area contributed by atoms with Crippen LogP contribution in [0.1, 0.15) is 18.8 Å². The topological polar surface area (TPSA) is 76.5 Å².